The molecule has 0 radical (unpaired) electrons. The maximum atomic E-state index is 14.0. The van der Waals surface area contributed by atoms with E-state index in [2.05, 4.69) is 0 Å². The summed E-state index contributed by atoms with van der Waals surface area (Å²) in [5.74, 6) is -3.65. The standard InChI is InChI=1S/C16H17F5O2S/c17-15(18)7-11-10(8-2-1-3-9(22)6-8)4-5-12(13(11)14(15)23)24-16(19,20)21/h4-5,8-9,14,22-23H,1-3,6-7H2/t8-,9-,14+/m1/s1. The number of thioether (sulfide) groups is 1. The molecule has 134 valence electrons. The number of hydrogen-bond acceptors (Lipinski definition) is 3. The van der Waals surface area contributed by atoms with Crippen molar-refractivity contribution in [3.8, 4) is 0 Å². The minimum absolute atomic E-state index is 0.112. The molecule has 1 aromatic carbocycles. The third-order valence-electron chi connectivity index (χ3n) is 4.75. The minimum Gasteiger partial charge on any atom is -0.393 e. The molecule has 0 saturated heterocycles. The van der Waals surface area contributed by atoms with Gasteiger partial charge in [-0.3, -0.25) is 0 Å². The normalized spacial score (nSPS) is 29.5. The summed E-state index contributed by atoms with van der Waals surface area (Å²) in [6.07, 6.45) is -1.06. The van der Waals surface area contributed by atoms with Gasteiger partial charge in [-0.1, -0.05) is 12.5 Å². The van der Waals surface area contributed by atoms with Gasteiger partial charge in [-0.05, 0) is 54.1 Å². The molecule has 0 bridgehead atoms. The Bertz CT molecular complexity index is 632. The molecule has 0 amide bonds. The molecule has 2 aliphatic carbocycles. The lowest BCUT2D eigenvalue weighted by Gasteiger charge is -2.28. The van der Waals surface area contributed by atoms with E-state index in [1.54, 1.807) is 0 Å². The Morgan fingerprint density at radius 2 is 1.83 bits per heavy atom. The summed E-state index contributed by atoms with van der Waals surface area (Å²) in [5.41, 5.74) is -4.28. The van der Waals surface area contributed by atoms with Crippen LogP contribution in [0.15, 0.2) is 17.0 Å². The van der Waals surface area contributed by atoms with Crippen molar-refractivity contribution in [2.75, 3.05) is 0 Å². The highest BCUT2D eigenvalue weighted by atomic mass is 32.2. The van der Waals surface area contributed by atoms with Gasteiger partial charge in [0.25, 0.3) is 5.92 Å². The summed E-state index contributed by atoms with van der Waals surface area (Å²) >= 11 is -0.476. The zero-order chi connectivity index (χ0) is 17.7. The first kappa shape index (κ1) is 17.9. The molecule has 1 fully saturated rings. The van der Waals surface area contributed by atoms with Gasteiger partial charge in [-0.15, -0.1) is 0 Å². The second kappa shape index (κ2) is 6.14. The third kappa shape index (κ3) is 3.41. The molecule has 0 aromatic heterocycles. The average molecular weight is 368 g/mol. The first-order chi connectivity index (χ1) is 11.1. The first-order valence-electron chi connectivity index (χ1n) is 7.74. The Balaban J connectivity index is 2.05. The first-order valence-corrected chi connectivity index (χ1v) is 8.55. The summed E-state index contributed by atoms with van der Waals surface area (Å²) in [7, 11) is 0. The van der Waals surface area contributed by atoms with Gasteiger partial charge in [-0.2, -0.15) is 13.2 Å². The predicted molar refractivity (Wildman–Crippen MR) is 79.2 cm³/mol. The van der Waals surface area contributed by atoms with Crippen LogP contribution in [0.2, 0.25) is 0 Å². The van der Waals surface area contributed by atoms with Crippen molar-refractivity contribution in [1.29, 1.82) is 0 Å². The van der Waals surface area contributed by atoms with E-state index < -0.39 is 41.8 Å². The molecular formula is C16H17F5O2S. The zero-order valence-electron chi connectivity index (χ0n) is 12.6. The Hall–Kier alpha value is -0.860. The summed E-state index contributed by atoms with van der Waals surface area (Å²) in [5, 5.41) is 19.7. The maximum Gasteiger partial charge on any atom is 0.446 e. The molecule has 3 atom stereocenters. The molecule has 8 heteroatoms. The Morgan fingerprint density at radius 1 is 1.12 bits per heavy atom. The number of aliphatic hydroxyl groups is 2. The fraction of sp³-hybridized carbons (Fsp3) is 0.625. The van der Waals surface area contributed by atoms with Gasteiger partial charge in [0.2, 0.25) is 0 Å². The number of aliphatic hydroxyl groups excluding tert-OH is 2. The van der Waals surface area contributed by atoms with E-state index in [-0.39, 0.29) is 21.9 Å². The van der Waals surface area contributed by atoms with E-state index in [1.807, 2.05) is 0 Å². The number of halogens is 5. The van der Waals surface area contributed by atoms with Crippen LogP contribution >= 0.6 is 11.8 Å². The highest BCUT2D eigenvalue weighted by molar-refractivity contribution is 8.00. The molecule has 2 N–H and O–H groups in total. The van der Waals surface area contributed by atoms with Gasteiger partial charge < -0.3 is 10.2 Å². The summed E-state index contributed by atoms with van der Waals surface area (Å²) in [4.78, 5) is -0.373. The van der Waals surface area contributed by atoms with Gasteiger partial charge in [0, 0.05) is 16.9 Å². The van der Waals surface area contributed by atoms with Crippen molar-refractivity contribution in [2.45, 2.75) is 66.6 Å². The highest BCUT2D eigenvalue weighted by Crippen LogP contribution is 2.52. The van der Waals surface area contributed by atoms with E-state index in [1.165, 1.54) is 6.07 Å². The van der Waals surface area contributed by atoms with Crippen LogP contribution in [0.25, 0.3) is 0 Å². The Kier molecular flexibility index (Phi) is 4.59. The topological polar surface area (TPSA) is 40.5 Å². The molecule has 3 rings (SSSR count). The summed E-state index contributed by atoms with van der Waals surface area (Å²) < 4.78 is 66.0. The van der Waals surface area contributed by atoms with Crippen molar-refractivity contribution >= 4 is 11.8 Å². The second-order valence-corrected chi connectivity index (χ2v) is 7.56. The van der Waals surface area contributed by atoms with Gasteiger partial charge >= 0.3 is 5.51 Å². The van der Waals surface area contributed by atoms with Crippen LogP contribution in [0.1, 0.15) is 54.4 Å². The van der Waals surface area contributed by atoms with Crippen LogP contribution in [0.4, 0.5) is 22.0 Å². The number of alkyl halides is 5. The number of fused-ring (bicyclic) bond motifs is 1. The number of rotatable bonds is 2. The molecule has 2 aliphatic rings. The van der Waals surface area contributed by atoms with E-state index in [9.17, 15) is 32.2 Å². The van der Waals surface area contributed by atoms with Crippen molar-refractivity contribution in [3.63, 3.8) is 0 Å². The van der Waals surface area contributed by atoms with Crippen LogP contribution in [0.5, 0.6) is 0 Å². The molecule has 0 spiro atoms. The fourth-order valence-electron chi connectivity index (χ4n) is 3.74. The average Bonchev–Trinajstić information content (AvgIpc) is 2.68. The van der Waals surface area contributed by atoms with Crippen LogP contribution in [0, 0.1) is 0 Å². The summed E-state index contributed by atoms with van der Waals surface area (Å²) in [6, 6.07) is 2.61. The van der Waals surface area contributed by atoms with Crippen LogP contribution in [0.3, 0.4) is 0 Å². The molecule has 2 nitrogen and oxygen atoms in total. The lowest BCUT2D eigenvalue weighted by Crippen LogP contribution is -2.22. The van der Waals surface area contributed by atoms with Gasteiger partial charge in [0.05, 0.1) is 6.10 Å². The maximum absolute atomic E-state index is 14.0. The summed E-state index contributed by atoms with van der Waals surface area (Å²) in [6.45, 7) is 0. The van der Waals surface area contributed by atoms with Crippen molar-refractivity contribution in [1.82, 2.24) is 0 Å². The Morgan fingerprint density at radius 3 is 2.46 bits per heavy atom. The quantitative estimate of drug-likeness (QED) is 0.595. The SMILES string of the molecule is O[C@@H]1CCC[C@@H](c2ccc(SC(F)(F)F)c3c2CC(F)(F)[C@H]3O)C1. The second-order valence-electron chi connectivity index (χ2n) is 6.45. The van der Waals surface area contributed by atoms with E-state index >= 15 is 0 Å². The number of hydrogen-bond donors (Lipinski definition) is 2. The van der Waals surface area contributed by atoms with Crippen LogP contribution in [-0.4, -0.2) is 27.7 Å². The lowest BCUT2D eigenvalue weighted by molar-refractivity contribution is -0.0977. The minimum atomic E-state index is -4.62. The highest BCUT2D eigenvalue weighted by Gasteiger charge is 2.50. The fourth-order valence-corrected chi connectivity index (χ4v) is 4.47. The van der Waals surface area contributed by atoms with Crippen molar-refractivity contribution in [3.05, 3.63) is 28.8 Å². The van der Waals surface area contributed by atoms with E-state index in [0.29, 0.717) is 24.8 Å². The third-order valence-corrected chi connectivity index (χ3v) is 5.56. The van der Waals surface area contributed by atoms with Crippen molar-refractivity contribution < 1.29 is 32.2 Å². The van der Waals surface area contributed by atoms with Crippen LogP contribution in [-0.2, 0) is 6.42 Å². The van der Waals surface area contributed by atoms with E-state index in [4.69, 9.17) is 0 Å². The van der Waals surface area contributed by atoms with Gasteiger partial charge in [0.1, 0.15) is 6.10 Å². The molecule has 24 heavy (non-hydrogen) atoms. The monoisotopic (exact) mass is 368 g/mol. The number of benzene rings is 1. The van der Waals surface area contributed by atoms with Crippen LogP contribution < -0.4 is 0 Å². The van der Waals surface area contributed by atoms with E-state index in [0.717, 1.165) is 12.5 Å². The molecule has 1 aromatic rings. The molecule has 0 heterocycles. The smallest absolute Gasteiger partial charge is 0.393 e. The zero-order valence-corrected chi connectivity index (χ0v) is 13.4. The molecular weight excluding hydrogens is 351 g/mol. The lowest BCUT2D eigenvalue weighted by atomic mass is 9.80. The molecule has 1 saturated carbocycles. The van der Waals surface area contributed by atoms with Gasteiger partial charge in [0.15, 0.2) is 0 Å². The molecule has 0 unspecified atom stereocenters. The van der Waals surface area contributed by atoms with Crippen molar-refractivity contribution in [2.24, 2.45) is 0 Å². The Labute approximate surface area is 140 Å². The van der Waals surface area contributed by atoms with Gasteiger partial charge in [-0.25, -0.2) is 8.78 Å². The largest absolute Gasteiger partial charge is 0.446 e. The molecule has 0 aliphatic heterocycles. The predicted octanol–water partition coefficient (Wildman–Crippen LogP) is 4.54.